The van der Waals surface area contributed by atoms with E-state index in [1.807, 2.05) is 39.1 Å². The normalized spacial score (nSPS) is 30.2. The molecule has 13 heteroatoms. The molecule has 4 amide bonds. The molecule has 6 unspecified atom stereocenters. The van der Waals surface area contributed by atoms with Crippen molar-refractivity contribution >= 4 is 23.6 Å². The minimum Gasteiger partial charge on any atom is -0.375 e. The number of nitriles is 1. The number of alkyl halides is 3. The molecule has 3 fully saturated rings. The average molecular weight is 572 g/mol. The summed E-state index contributed by atoms with van der Waals surface area (Å²) in [5.74, 6) is -5.57. The highest BCUT2D eigenvalue weighted by Crippen LogP contribution is 2.41. The van der Waals surface area contributed by atoms with Gasteiger partial charge in [-0.2, -0.15) is 18.4 Å². The summed E-state index contributed by atoms with van der Waals surface area (Å²) in [6, 6.07) is -1.67. The Morgan fingerprint density at radius 1 is 1.15 bits per heavy atom. The van der Waals surface area contributed by atoms with E-state index in [2.05, 4.69) is 10.6 Å². The van der Waals surface area contributed by atoms with Crippen molar-refractivity contribution in [1.29, 1.82) is 5.26 Å². The molecule has 0 aromatic carbocycles. The summed E-state index contributed by atoms with van der Waals surface area (Å²) in [6.07, 6.45) is -4.42. The van der Waals surface area contributed by atoms with Crippen molar-refractivity contribution in [3.05, 3.63) is 0 Å². The third kappa shape index (κ3) is 6.87. The number of ether oxygens (including phenoxy) is 1. The van der Waals surface area contributed by atoms with Gasteiger partial charge >= 0.3 is 12.1 Å². The standard InChI is InChI=1S/C27H40F3N5O5/c1-14-19(21(37)32-17(11-31)8-15-9-25(4,5)34-20(15)36)35(13-24(14,2)3)22(38)18(33-23(39)27(28,29)30)16-10-26(6,7)40-12-16/h14-19H,8-10,12-13H2,1-7H3,(H,32,37)(H,33,39)(H,34,36). The van der Waals surface area contributed by atoms with E-state index >= 15 is 0 Å². The van der Waals surface area contributed by atoms with E-state index < -0.39 is 76.3 Å². The largest absolute Gasteiger partial charge is 0.471 e. The van der Waals surface area contributed by atoms with Gasteiger partial charge in [0.1, 0.15) is 18.1 Å². The van der Waals surface area contributed by atoms with Crippen LogP contribution in [0.15, 0.2) is 0 Å². The molecule has 0 aliphatic carbocycles. The summed E-state index contributed by atoms with van der Waals surface area (Å²) in [6.45, 7) is 12.7. The molecule has 0 saturated carbocycles. The molecule has 0 radical (unpaired) electrons. The summed E-state index contributed by atoms with van der Waals surface area (Å²) < 4.78 is 45.3. The molecule has 3 aliphatic heterocycles. The van der Waals surface area contributed by atoms with Crippen LogP contribution in [0.2, 0.25) is 0 Å². The van der Waals surface area contributed by atoms with Crippen molar-refractivity contribution in [2.75, 3.05) is 13.2 Å². The number of amides is 4. The first-order valence-corrected chi connectivity index (χ1v) is 13.5. The van der Waals surface area contributed by atoms with Crippen LogP contribution in [-0.2, 0) is 23.9 Å². The molecule has 0 spiro atoms. The van der Waals surface area contributed by atoms with Gasteiger partial charge in [-0.05, 0) is 58.3 Å². The topological polar surface area (TPSA) is 141 Å². The molecular formula is C27H40F3N5O5. The Labute approximate surface area is 232 Å². The second kappa shape index (κ2) is 10.8. The number of carbonyl (C=O) groups is 4. The van der Waals surface area contributed by atoms with E-state index in [0.29, 0.717) is 6.42 Å². The lowest BCUT2D eigenvalue weighted by Gasteiger charge is -2.32. The van der Waals surface area contributed by atoms with Crippen LogP contribution in [0.3, 0.4) is 0 Å². The molecular weight excluding hydrogens is 531 g/mol. The predicted octanol–water partition coefficient (Wildman–Crippen LogP) is 2.03. The van der Waals surface area contributed by atoms with Gasteiger partial charge < -0.3 is 25.6 Å². The zero-order valence-electron chi connectivity index (χ0n) is 24.1. The first kappa shape index (κ1) is 31.6. The van der Waals surface area contributed by atoms with Gasteiger partial charge in [0.25, 0.3) is 0 Å². The summed E-state index contributed by atoms with van der Waals surface area (Å²) in [4.78, 5) is 53.0. The van der Waals surface area contributed by atoms with Crippen LogP contribution in [0.25, 0.3) is 0 Å². The zero-order chi connectivity index (χ0) is 30.4. The fourth-order valence-electron chi connectivity index (χ4n) is 6.11. The third-order valence-corrected chi connectivity index (χ3v) is 8.48. The maximum Gasteiger partial charge on any atom is 0.471 e. The van der Waals surface area contributed by atoms with E-state index in [1.165, 1.54) is 4.90 Å². The molecule has 3 rings (SSSR count). The Kier molecular flexibility index (Phi) is 8.57. The Balaban J connectivity index is 1.85. The predicted molar refractivity (Wildman–Crippen MR) is 137 cm³/mol. The van der Waals surface area contributed by atoms with E-state index in [-0.39, 0.29) is 31.9 Å². The first-order valence-electron chi connectivity index (χ1n) is 13.5. The number of nitrogens with zero attached hydrogens (tertiary/aromatic N) is 2. The van der Waals surface area contributed by atoms with Gasteiger partial charge in [-0.15, -0.1) is 0 Å². The lowest BCUT2D eigenvalue weighted by atomic mass is 9.80. The second-order valence-corrected chi connectivity index (χ2v) is 13.4. The molecule has 224 valence electrons. The summed E-state index contributed by atoms with van der Waals surface area (Å²) >= 11 is 0. The van der Waals surface area contributed by atoms with Crippen molar-refractivity contribution in [2.45, 2.75) is 103 Å². The quantitative estimate of drug-likeness (QED) is 0.427. The molecule has 10 nitrogen and oxygen atoms in total. The van der Waals surface area contributed by atoms with Crippen LogP contribution < -0.4 is 16.0 Å². The molecule has 6 atom stereocenters. The maximum absolute atomic E-state index is 13.9. The van der Waals surface area contributed by atoms with Crippen molar-refractivity contribution in [3.8, 4) is 6.07 Å². The van der Waals surface area contributed by atoms with Crippen molar-refractivity contribution in [3.63, 3.8) is 0 Å². The third-order valence-electron chi connectivity index (χ3n) is 8.48. The van der Waals surface area contributed by atoms with Gasteiger partial charge in [0.15, 0.2) is 0 Å². The molecule has 3 aliphatic rings. The Hall–Kier alpha value is -2.88. The number of likely N-dealkylation sites (tertiary alicyclic amines) is 1. The Morgan fingerprint density at radius 3 is 2.25 bits per heavy atom. The lowest BCUT2D eigenvalue weighted by molar-refractivity contribution is -0.175. The second-order valence-electron chi connectivity index (χ2n) is 13.4. The zero-order valence-corrected chi connectivity index (χ0v) is 24.1. The lowest BCUT2D eigenvalue weighted by Crippen LogP contribution is -2.59. The van der Waals surface area contributed by atoms with Crippen LogP contribution in [-0.4, -0.2) is 77.1 Å². The molecule has 40 heavy (non-hydrogen) atoms. The van der Waals surface area contributed by atoms with Crippen LogP contribution >= 0.6 is 0 Å². The molecule has 0 aromatic rings. The van der Waals surface area contributed by atoms with Gasteiger partial charge in [0.05, 0.1) is 18.3 Å². The van der Waals surface area contributed by atoms with E-state index in [1.54, 1.807) is 20.8 Å². The number of nitrogens with one attached hydrogen (secondary N) is 3. The van der Waals surface area contributed by atoms with Gasteiger partial charge in [0, 0.05) is 23.9 Å². The van der Waals surface area contributed by atoms with Crippen LogP contribution in [0.5, 0.6) is 0 Å². The van der Waals surface area contributed by atoms with Crippen LogP contribution in [0, 0.1) is 34.5 Å². The highest BCUT2D eigenvalue weighted by atomic mass is 19.4. The molecule has 3 heterocycles. The number of carbonyl (C=O) groups excluding carboxylic acids is 4. The van der Waals surface area contributed by atoms with Gasteiger partial charge in [-0.3, -0.25) is 19.2 Å². The molecule has 3 saturated heterocycles. The number of rotatable bonds is 7. The van der Waals surface area contributed by atoms with Crippen molar-refractivity contribution in [1.82, 2.24) is 20.9 Å². The minimum absolute atomic E-state index is 0.0402. The number of hydrogen-bond acceptors (Lipinski definition) is 6. The molecule has 0 bridgehead atoms. The number of halogens is 3. The Bertz CT molecular complexity index is 1080. The SMILES string of the molecule is CC1C(C(=O)NC(C#N)CC2CC(C)(C)NC2=O)N(C(=O)C(NC(=O)C(F)(F)F)C2COC(C)(C)C2)CC1(C)C. The summed E-state index contributed by atoms with van der Waals surface area (Å²) in [7, 11) is 0. The minimum atomic E-state index is -5.21. The van der Waals surface area contributed by atoms with E-state index in [0.717, 1.165) is 0 Å². The maximum atomic E-state index is 13.9. The molecule has 3 N–H and O–H groups in total. The molecule has 0 aromatic heterocycles. The fourth-order valence-corrected chi connectivity index (χ4v) is 6.11. The van der Waals surface area contributed by atoms with Crippen molar-refractivity contribution < 1.29 is 37.1 Å². The van der Waals surface area contributed by atoms with E-state index in [4.69, 9.17) is 4.74 Å². The highest BCUT2D eigenvalue weighted by molar-refractivity contribution is 5.94. The van der Waals surface area contributed by atoms with Gasteiger partial charge in [-0.1, -0.05) is 20.8 Å². The van der Waals surface area contributed by atoms with Crippen molar-refractivity contribution in [2.24, 2.45) is 23.2 Å². The van der Waals surface area contributed by atoms with E-state index in [9.17, 15) is 37.6 Å². The summed E-state index contributed by atoms with van der Waals surface area (Å²) in [5, 5.41) is 17.1. The monoisotopic (exact) mass is 571 g/mol. The average Bonchev–Trinajstić information content (AvgIpc) is 3.39. The van der Waals surface area contributed by atoms with Gasteiger partial charge in [-0.25, -0.2) is 0 Å². The van der Waals surface area contributed by atoms with Crippen LogP contribution in [0.4, 0.5) is 13.2 Å². The fraction of sp³-hybridized carbons (Fsp3) is 0.815. The Morgan fingerprint density at radius 2 is 1.77 bits per heavy atom. The highest BCUT2D eigenvalue weighted by Gasteiger charge is 2.54. The summed E-state index contributed by atoms with van der Waals surface area (Å²) in [5.41, 5.74) is -1.74. The smallest absolute Gasteiger partial charge is 0.375 e. The van der Waals surface area contributed by atoms with Gasteiger partial charge in [0.2, 0.25) is 17.7 Å². The first-order chi connectivity index (χ1) is 18.2. The number of hydrogen-bond donors (Lipinski definition) is 3. The van der Waals surface area contributed by atoms with Crippen LogP contribution in [0.1, 0.15) is 67.7 Å².